The zero-order valence-corrected chi connectivity index (χ0v) is 19.5. The maximum absolute atomic E-state index is 13.6. The summed E-state index contributed by atoms with van der Waals surface area (Å²) in [5.41, 5.74) is 7.09. The molecule has 1 aliphatic rings. The molecule has 7 heteroatoms. The Balaban J connectivity index is 1.84. The van der Waals surface area contributed by atoms with E-state index in [1.165, 1.54) is 0 Å². The Kier molecular flexibility index (Phi) is 7.84. The van der Waals surface area contributed by atoms with E-state index >= 15 is 0 Å². The van der Waals surface area contributed by atoms with Gasteiger partial charge in [-0.1, -0.05) is 39.0 Å². The smallest absolute Gasteiger partial charge is 0.255 e. The fraction of sp³-hybridized carbons (Fsp3) is 0.462. The van der Waals surface area contributed by atoms with Crippen LogP contribution in [0.25, 0.3) is 0 Å². The van der Waals surface area contributed by atoms with Crippen LogP contribution in [0.4, 0.5) is 14.5 Å². The minimum atomic E-state index is -0.817. The van der Waals surface area contributed by atoms with Gasteiger partial charge in [0.1, 0.15) is 11.6 Å². The molecule has 0 spiro atoms. The van der Waals surface area contributed by atoms with Crippen LogP contribution < -0.4 is 11.1 Å². The van der Waals surface area contributed by atoms with E-state index in [2.05, 4.69) is 5.32 Å². The minimum absolute atomic E-state index is 0.0660. The van der Waals surface area contributed by atoms with Crippen molar-refractivity contribution in [3.05, 3.63) is 65.2 Å². The molecule has 3 rings (SSSR count). The summed E-state index contributed by atoms with van der Waals surface area (Å²) >= 11 is 0. The molecule has 3 N–H and O–H groups in total. The van der Waals surface area contributed by atoms with Gasteiger partial charge in [-0.2, -0.15) is 0 Å². The number of rotatable bonds is 6. The largest absolute Gasteiger partial charge is 0.335 e. The zero-order chi connectivity index (χ0) is 24.2. The van der Waals surface area contributed by atoms with Crippen molar-refractivity contribution in [3.8, 4) is 0 Å². The number of hydrogen-bond acceptors (Lipinski definition) is 3. The second-order valence-electron chi connectivity index (χ2n) is 10.1. The van der Waals surface area contributed by atoms with E-state index in [4.69, 9.17) is 5.73 Å². The van der Waals surface area contributed by atoms with Gasteiger partial charge in [-0.05, 0) is 54.9 Å². The second kappa shape index (κ2) is 10.4. The average molecular weight is 458 g/mol. The molecule has 1 aliphatic carbocycles. The van der Waals surface area contributed by atoms with Crippen LogP contribution in [-0.4, -0.2) is 28.8 Å². The van der Waals surface area contributed by atoms with Crippen LogP contribution in [0.1, 0.15) is 68.8 Å². The lowest BCUT2D eigenvalue weighted by atomic mass is 9.88. The number of nitrogens with one attached hydrogen (secondary N) is 1. The van der Waals surface area contributed by atoms with Gasteiger partial charge in [0.15, 0.2) is 0 Å². The third-order valence-corrected chi connectivity index (χ3v) is 5.92. The van der Waals surface area contributed by atoms with Gasteiger partial charge < -0.3 is 16.0 Å². The minimum Gasteiger partial charge on any atom is -0.335 e. The van der Waals surface area contributed by atoms with Gasteiger partial charge >= 0.3 is 0 Å². The molecule has 0 saturated heterocycles. The molecule has 0 bridgehead atoms. The fourth-order valence-corrected chi connectivity index (χ4v) is 4.23. The molecule has 0 atom stereocenters. The SMILES string of the molecule is CC(C)(C)CC(=O)N(Cc1ccccc1NC(=O)c1cc(F)cc(F)c1)C1CCC(N)CC1. The third-order valence-electron chi connectivity index (χ3n) is 5.92. The maximum Gasteiger partial charge on any atom is 0.255 e. The molecular weight excluding hydrogens is 424 g/mol. The van der Waals surface area contributed by atoms with Crippen molar-refractivity contribution < 1.29 is 18.4 Å². The lowest BCUT2D eigenvalue weighted by molar-refractivity contribution is -0.137. The van der Waals surface area contributed by atoms with Crippen LogP contribution in [0.3, 0.4) is 0 Å². The van der Waals surface area contributed by atoms with Crippen LogP contribution >= 0.6 is 0 Å². The number of hydrogen-bond donors (Lipinski definition) is 2. The Morgan fingerprint density at radius 1 is 1.03 bits per heavy atom. The standard InChI is InChI=1S/C26H33F2N3O2/c1-26(2,3)15-24(32)31(22-10-8-21(29)9-11-22)16-17-6-4-5-7-23(17)30-25(33)18-12-19(27)14-20(28)13-18/h4-7,12-14,21-22H,8-11,15-16,29H2,1-3H3,(H,30,33). The predicted molar refractivity (Wildman–Crippen MR) is 126 cm³/mol. The first-order valence-electron chi connectivity index (χ1n) is 11.4. The highest BCUT2D eigenvalue weighted by molar-refractivity contribution is 6.04. The van der Waals surface area contributed by atoms with E-state index in [0.29, 0.717) is 18.7 Å². The third kappa shape index (κ3) is 7.09. The Bertz CT molecular complexity index is 975. The fourth-order valence-electron chi connectivity index (χ4n) is 4.23. The van der Waals surface area contributed by atoms with Gasteiger partial charge in [-0.25, -0.2) is 8.78 Å². The quantitative estimate of drug-likeness (QED) is 0.622. The highest BCUT2D eigenvalue weighted by Gasteiger charge is 2.30. The second-order valence-corrected chi connectivity index (χ2v) is 10.1. The van der Waals surface area contributed by atoms with Crippen molar-refractivity contribution in [2.75, 3.05) is 5.32 Å². The van der Waals surface area contributed by atoms with Crippen LogP contribution in [-0.2, 0) is 11.3 Å². The first-order valence-corrected chi connectivity index (χ1v) is 11.4. The van der Waals surface area contributed by atoms with Crippen molar-refractivity contribution >= 4 is 17.5 Å². The van der Waals surface area contributed by atoms with E-state index < -0.39 is 17.5 Å². The predicted octanol–water partition coefficient (Wildman–Crippen LogP) is 5.25. The number of anilines is 1. The zero-order valence-electron chi connectivity index (χ0n) is 19.5. The maximum atomic E-state index is 13.6. The molecule has 178 valence electrons. The highest BCUT2D eigenvalue weighted by Crippen LogP contribution is 2.29. The van der Waals surface area contributed by atoms with Crippen LogP contribution in [0.5, 0.6) is 0 Å². The van der Waals surface area contributed by atoms with E-state index in [0.717, 1.165) is 49.4 Å². The van der Waals surface area contributed by atoms with E-state index in [1.54, 1.807) is 12.1 Å². The molecule has 5 nitrogen and oxygen atoms in total. The summed E-state index contributed by atoms with van der Waals surface area (Å²) in [5, 5.41) is 2.75. The molecule has 1 fully saturated rings. The van der Waals surface area contributed by atoms with Crippen molar-refractivity contribution in [2.24, 2.45) is 11.1 Å². The van der Waals surface area contributed by atoms with Crippen molar-refractivity contribution in [2.45, 2.75) is 71.5 Å². The topological polar surface area (TPSA) is 75.4 Å². The molecule has 1 saturated carbocycles. The summed E-state index contributed by atoms with van der Waals surface area (Å²) in [5.74, 6) is -2.18. The summed E-state index contributed by atoms with van der Waals surface area (Å²) in [6, 6.07) is 10.2. The number of amides is 2. The van der Waals surface area contributed by atoms with E-state index in [9.17, 15) is 18.4 Å². The van der Waals surface area contributed by atoms with Gasteiger partial charge in [-0.15, -0.1) is 0 Å². The van der Waals surface area contributed by atoms with Gasteiger partial charge in [0.25, 0.3) is 5.91 Å². The Labute approximate surface area is 194 Å². The van der Waals surface area contributed by atoms with Crippen LogP contribution in [0.2, 0.25) is 0 Å². The molecule has 0 radical (unpaired) electrons. The summed E-state index contributed by atoms with van der Waals surface area (Å²) in [7, 11) is 0. The molecule has 0 heterocycles. The Morgan fingerprint density at radius 2 is 1.64 bits per heavy atom. The summed E-state index contributed by atoms with van der Waals surface area (Å²) in [6.45, 7) is 6.44. The molecule has 33 heavy (non-hydrogen) atoms. The average Bonchev–Trinajstić information content (AvgIpc) is 2.72. The molecule has 0 aromatic heterocycles. The van der Waals surface area contributed by atoms with Gasteiger partial charge in [0.2, 0.25) is 5.91 Å². The summed E-state index contributed by atoms with van der Waals surface area (Å²) in [4.78, 5) is 27.9. The number of carbonyl (C=O) groups excluding carboxylic acids is 2. The summed E-state index contributed by atoms with van der Waals surface area (Å²) in [6.07, 6.45) is 3.83. The monoisotopic (exact) mass is 457 g/mol. The number of nitrogens with zero attached hydrogens (tertiary/aromatic N) is 1. The molecule has 2 aromatic rings. The molecule has 2 aromatic carbocycles. The first kappa shape index (κ1) is 24.8. The van der Waals surface area contributed by atoms with Crippen LogP contribution in [0, 0.1) is 17.0 Å². The molecular formula is C26H33F2N3O2. The number of para-hydroxylation sites is 1. The van der Waals surface area contributed by atoms with Crippen molar-refractivity contribution in [1.82, 2.24) is 4.90 Å². The Hall–Kier alpha value is -2.80. The summed E-state index contributed by atoms with van der Waals surface area (Å²) < 4.78 is 27.1. The highest BCUT2D eigenvalue weighted by atomic mass is 19.1. The van der Waals surface area contributed by atoms with Gasteiger partial charge in [0.05, 0.1) is 0 Å². The van der Waals surface area contributed by atoms with Crippen LogP contribution in [0.15, 0.2) is 42.5 Å². The lowest BCUT2D eigenvalue weighted by Crippen LogP contribution is -2.44. The number of nitrogens with two attached hydrogens (primary N) is 1. The van der Waals surface area contributed by atoms with E-state index in [1.807, 2.05) is 37.8 Å². The van der Waals surface area contributed by atoms with Gasteiger partial charge in [0, 0.05) is 42.4 Å². The molecule has 0 aliphatic heterocycles. The first-order chi connectivity index (χ1) is 15.5. The Morgan fingerprint density at radius 3 is 2.24 bits per heavy atom. The number of benzene rings is 2. The van der Waals surface area contributed by atoms with Crippen molar-refractivity contribution in [1.29, 1.82) is 0 Å². The number of carbonyl (C=O) groups is 2. The normalized spacial score (nSPS) is 18.6. The van der Waals surface area contributed by atoms with Crippen molar-refractivity contribution in [3.63, 3.8) is 0 Å². The molecule has 0 unspecified atom stereocenters. The number of halogens is 2. The van der Waals surface area contributed by atoms with E-state index in [-0.39, 0.29) is 29.0 Å². The molecule has 2 amide bonds. The lowest BCUT2D eigenvalue weighted by Gasteiger charge is -2.38. The van der Waals surface area contributed by atoms with Gasteiger partial charge in [-0.3, -0.25) is 9.59 Å².